The molecule has 1 heterocycles. The van der Waals surface area contributed by atoms with E-state index in [1.165, 1.54) is 23.2 Å². The van der Waals surface area contributed by atoms with Gasteiger partial charge >= 0.3 is 0 Å². The number of rotatable bonds is 2. The largest absolute Gasteiger partial charge is 0.391 e. The summed E-state index contributed by atoms with van der Waals surface area (Å²) in [5.74, 6) is 0. The first-order valence-electron chi connectivity index (χ1n) is 3.83. The van der Waals surface area contributed by atoms with Gasteiger partial charge < -0.3 is 5.11 Å². The van der Waals surface area contributed by atoms with E-state index in [0.717, 1.165) is 0 Å². The summed E-state index contributed by atoms with van der Waals surface area (Å²) in [7, 11) is 0. The summed E-state index contributed by atoms with van der Waals surface area (Å²) in [6.45, 7) is 3.41. The number of aromatic nitrogens is 2. The standard InChI is InChI=1S/C8H12N2O2/c1-6(7(2)11)10-5-9-4-3-8(10)12/h3-7,11H,1-2H3. The van der Waals surface area contributed by atoms with E-state index < -0.39 is 6.10 Å². The van der Waals surface area contributed by atoms with Crippen LogP contribution in [0, 0.1) is 0 Å². The first-order chi connectivity index (χ1) is 5.63. The molecule has 4 heteroatoms. The fourth-order valence-electron chi connectivity index (χ4n) is 0.898. The lowest BCUT2D eigenvalue weighted by Crippen LogP contribution is -2.28. The van der Waals surface area contributed by atoms with Crippen LogP contribution in [0.4, 0.5) is 0 Å². The molecule has 2 unspecified atom stereocenters. The molecule has 1 N–H and O–H groups in total. The Kier molecular flexibility index (Phi) is 2.60. The van der Waals surface area contributed by atoms with Crippen molar-refractivity contribution < 1.29 is 5.11 Å². The number of aliphatic hydroxyl groups is 1. The molecule has 2 atom stereocenters. The number of nitrogens with zero attached hydrogens (tertiary/aromatic N) is 2. The summed E-state index contributed by atoms with van der Waals surface area (Å²) in [6, 6.07) is 1.14. The van der Waals surface area contributed by atoms with Crippen LogP contribution in [0.5, 0.6) is 0 Å². The Morgan fingerprint density at radius 1 is 1.58 bits per heavy atom. The molecule has 0 bridgehead atoms. The molecule has 0 amide bonds. The summed E-state index contributed by atoms with van der Waals surface area (Å²) in [6.07, 6.45) is 2.32. The highest BCUT2D eigenvalue weighted by Gasteiger charge is 2.10. The van der Waals surface area contributed by atoms with Crippen LogP contribution in [0.2, 0.25) is 0 Å². The van der Waals surface area contributed by atoms with Crippen LogP contribution in [0.1, 0.15) is 19.9 Å². The van der Waals surface area contributed by atoms with Gasteiger partial charge in [0.25, 0.3) is 5.56 Å². The van der Waals surface area contributed by atoms with Gasteiger partial charge in [-0.05, 0) is 13.8 Å². The van der Waals surface area contributed by atoms with Crippen molar-refractivity contribution in [2.45, 2.75) is 26.0 Å². The first kappa shape index (κ1) is 8.93. The highest BCUT2D eigenvalue weighted by atomic mass is 16.3. The Hall–Kier alpha value is -1.16. The van der Waals surface area contributed by atoms with Gasteiger partial charge in [-0.1, -0.05) is 0 Å². The Labute approximate surface area is 70.5 Å². The van der Waals surface area contributed by atoms with E-state index in [0.29, 0.717) is 0 Å². The van der Waals surface area contributed by atoms with E-state index in [9.17, 15) is 9.90 Å². The van der Waals surface area contributed by atoms with E-state index in [2.05, 4.69) is 4.98 Å². The maximum atomic E-state index is 11.2. The quantitative estimate of drug-likeness (QED) is 0.685. The summed E-state index contributed by atoms with van der Waals surface area (Å²) >= 11 is 0. The molecule has 0 saturated heterocycles. The maximum absolute atomic E-state index is 11.2. The second kappa shape index (κ2) is 3.49. The third-order valence-corrected chi connectivity index (χ3v) is 1.89. The van der Waals surface area contributed by atoms with Crippen molar-refractivity contribution in [3.8, 4) is 0 Å². The van der Waals surface area contributed by atoms with Gasteiger partial charge in [-0.25, -0.2) is 4.98 Å². The minimum atomic E-state index is -0.549. The molecular formula is C8H12N2O2. The molecule has 1 aromatic heterocycles. The van der Waals surface area contributed by atoms with Crippen LogP contribution in [0.25, 0.3) is 0 Å². The summed E-state index contributed by atoms with van der Waals surface area (Å²) in [5, 5.41) is 9.21. The van der Waals surface area contributed by atoms with Gasteiger partial charge in [0.2, 0.25) is 0 Å². The molecule has 0 aliphatic heterocycles. The number of hydrogen-bond donors (Lipinski definition) is 1. The van der Waals surface area contributed by atoms with Crippen molar-refractivity contribution in [3.05, 3.63) is 28.9 Å². The summed E-state index contributed by atoms with van der Waals surface area (Å²) in [5.41, 5.74) is -0.140. The highest BCUT2D eigenvalue weighted by molar-refractivity contribution is 4.85. The third kappa shape index (κ3) is 1.71. The van der Waals surface area contributed by atoms with Crippen molar-refractivity contribution in [1.29, 1.82) is 0 Å². The zero-order chi connectivity index (χ0) is 9.14. The summed E-state index contributed by atoms with van der Waals surface area (Å²) < 4.78 is 1.41. The molecule has 0 saturated carbocycles. The van der Waals surface area contributed by atoms with Crippen molar-refractivity contribution in [2.75, 3.05) is 0 Å². The van der Waals surface area contributed by atoms with Crippen molar-refractivity contribution >= 4 is 0 Å². The minimum Gasteiger partial charge on any atom is -0.391 e. The predicted molar refractivity (Wildman–Crippen MR) is 44.9 cm³/mol. The van der Waals surface area contributed by atoms with E-state index in [1.54, 1.807) is 13.8 Å². The highest BCUT2D eigenvalue weighted by Crippen LogP contribution is 2.05. The van der Waals surface area contributed by atoms with Gasteiger partial charge in [0.05, 0.1) is 18.5 Å². The van der Waals surface area contributed by atoms with E-state index in [-0.39, 0.29) is 11.6 Å². The van der Waals surface area contributed by atoms with Gasteiger partial charge in [-0.2, -0.15) is 0 Å². The Morgan fingerprint density at radius 2 is 2.25 bits per heavy atom. The molecule has 0 aliphatic carbocycles. The van der Waals surface area contributed by atoms with E-state index >= 15 is 0 Å². The minimum absolute atomic E-state index is 0.140. The molecule has 0 radical (unpaired) electrons. The first-order valence-corrected chi connectivity index (χ1v) is 3.83. The lowest BCUT2D eigenvalue weighted by Gasteiger charge is -2.16. The third-order valence-electron chi connectivity index (χ3n) is 1.89. The van der Waals surface area contributed by atoms with Crippen LogP contribution >= 0.6 is 0 Å². The van der Waals surface area contributed by atoms with Crippen molar-refractivity contribution in [1.82, 2.24) is 9.55 Å². The molecule has 66 valence electrons. The normalized spacial score (nSPS) is 15.6. The van der Waals surface area contributed by atoms with Crippen LogP contribution < -0.4 is 5.56 Å². The average Bonchev–Trinajstić information content (AvgIpc) is 2.04. The second-order valence-electron chi connectivity index (χ2n) is 2.81. The number of aliphatic hydroxyl groups excluding tert-OH is 1. The van der Waals surface area contributed by atoms with Crippen LogP contribution in [-0.2, 0) is 0 Å². The van der Waals surface area contributed by atoms with Gasteiger partial charge in [0.15, 0.2) is 0 Å². The molecular weight excluding hydrogens is 156 g/mol. The molecule has 0 fully saturated rings. The van der Waals surface area contributed by atoms with Gasteiger partial charge in [-0.3, -0.25) is 9.36 Å². The maximum Gasteiger partial charge on any atom is 0.253 e. The zero-order valence-corrected chi connectivity index (χ0v) is 7.14. The Morgan fingerprint density at radius 3 is 2.75 bits per heavy atom. The molecule has 0 aromatic carbocycles. The lowest BCUT2D eigenvalue weighted by molar-refractivity contribution is 0.136. The van der Waals surface area contributed by atoms with Gasteiger partial charge in [0, 0.05) is 12.3 Å². The molecule has 0 spiro atoms. The van der Waals surface area contributed by atoms with E-state index in [1.807, 2.05) is 0 Å². The predicted octanol–water partition coefficient (Wildman–Crippen LogP) is 0.185. The Balaban J connectivity index is 3.03. The Bertz CT molecular complexity index is 306. The van der Waals surface area contributed by atoms with E-state index in [4.69, 9.17) is 0 Å². The molecule has 1 aromatic rings. The fourth-order valence-corrected chi connectivity index (χ4v) is 0.898. The van der Waals surface area contributed by atoms with Gasteiger partial charge in [0.1, 0.15) is 0 Å². The molecule has 4 nitrogen and oxygen atoms in total. The monoisotopic (exact) mass is 168 g/mol. The molecule has 0 aliphatic rings. The topological polar surface area (TPSA) is 55.1 Å². The van der Waals surface area contributed by atoms with Crippen LogP contribution in [-0.4, -0.2) is 20.8 Å². The molecule has 12 heavy (non-hydrogen) atoms. The number of hydrogen-bond acceptors (Lipinski definition) is 3. The average molecular weight is 168 g/mol. The van der Waals surface area contributed by atoms with Crippen LogP contribution in [0.15, 0.2) is 23.4 Å². The summed E-state index contributed by atoms with van der Waals surface area (Å²) in [4.78, 5) is 15.0. The smallest absolute Gasteiger partial charge is 0.253 e. The molecule has 1 rings (SSSR count). The lowest BCUT2D eigenvalue weighted by atomic mass is 10.2. The van der Waals surface area contributed by atoms with Crippen LogP contribution in [0.3, 0.4) is 0 Å². The van der Waals surface area contributed by atoms with Crippen molar-refractivity contribution in [2.24, 2.45) is 0 Å². The van der Waals surface area contributed by atoms with Crippen molar-refractivity contribution in [3.63, 3.8) is 0 Å². The zero-order valence-electron chi connectivity index (χ0n) is 7.14. The second-order valence-corrected chi connectivity index (χ2v) is 2.81. The SMILES string of the molecule is CC(O)C(C)n1cnccc1=O. The van der Waals surface area contributed by atoms with Gasteiger partial charge in [-0.15, -0.1) is 0 Å². The fraction of sp³-hybridized carbons (Fsp3) is 0.500.